The Balaban J connectivity index is 0.924. The molecule has 14 heteroatoms. The maximum atomic E-state index is 10.8. The van der Waals surface area contributed by atoms with Gasteiger partial charge in [-0.05, 0) is 0 Å². The molecule has 10 N–H and O–H groups in total. The molecule has 12 rings (SSSR count). The van der Waals surface area contributed by atoms with Crippen molar-refractivity contribution in [2.45, 2.75) is 34.5 Å². The molecule has 12 aromatic rings. The summed E-state index contributed by atoms with van der Waals surface area (Å²) in [6, 6.07) is 69.9. The van der Waals surface area contributed by atoms with Crippen molar-refractivity contribution in [3.63, 3.8) is 0 Å². The standard InChI is InChI=1S/C72H62Ge2N2O10/c1-73(2,3)45-23-35-51(36-24-45)75(49-31-19-43(20-32-49)61-63(77)67(81)71(85)68(82)64(61)78)47-27-15-41(16-28-47)57-39-59-56-14-10-8-12-54(56)58(40-60(59)55-13-9-7-11-53(55)57)42-17-29-48(30-18-42)76(52-37-25-46(26-38-52)74(4,5)6)50-33-21-44(22-34-50)62-65(79)69(83)72(86)70(84)66(62)80/h7-40,77-86H,1-6H3. The fourth-order valence-electron chi connectivity index (χ4n) is 11.6. The quantitative estimate of drug-likeness (QED) is 0.0240. The Morgan fingerprint density at radius 2 is 0.453 bits per heavy atom. The maximum absolute atomic E-state index is 10.8. The van der Waals surface area contributed by atoms with Crippen molar-refractivity contribution >= 4 is 102 Å². The molecule has 12 aromatic carbocycles. The fraction of sp³-hybridized carbons (Fsp3) is 0.0833. The third kappa shape index (κ3) is 9.89. The van der Waals surface area contributed by atoms with Gasteiger partial charge in [0.1, 0.15) is 0 Å². The van der Waals surface area contributed by atoms with Crippen molar-refractivity contribution < 1.29 is 51.1 Å². The average Bonchev–Trinajstić information content (AvgIpc) is 1.06. The number of aromatic hydroxyl groups is 10. The molecule has 0 aliphatic carbocycles. The average molecular weight is 1260 g/mol. The van der Waals surface area contributed by atoms with E-state index in [1.54, 1.807) is 24.3 Å². The van der Waals surface area contributed by atoms with Crippen LogP contribution < -0.4 is 18.6 Å². The molecule has 0 aliphatic heterocycles. The molecule has 0 heterocycles. The summed E-state index contributed by atoms with van der Waals surface area (Å²) in [4.78, 5) is 4.25. The number of rotatable bonds is 12. The van der Waals surface area contributed by atoms with Crippen molar-refractivity contribution in [2.24, 2.45) is 0 Å². The summed E-state index contributed by atoms with van der Waals surface area (Å²) < 4.78 is 2.71. The Labute approximate surface area is 502 Å². The molecule has 0 atom stereocenters. The third-order valence-electron chi connectivity index (χ3n) is 16.3. The van der Waals surface area contributed by atoms with E-state index in [9.17, 15) is 51.1 Å². The molecule has 0 amide bonds. The molecular formula is C72H62Ge2N2O10. The van der Waals surface area contributed by atoms with Crippen molar-refractivity contribution in [1.82, 2.24) is 0 Å². The number of phenolic OH excluding ortho intramolecular Hbond substituents is 10. The van der Waals surface area contributed by atoms with Crippen LogP contribution in [-0.2, 0) is 0 Å². The molecule has 0 unspecified atom stereocenters. The van der Waals surface area contributed by atoms with Crippen LogP contribution in [0.1, 0.15) is 0 Å². The van der Waals surface area contributed by atoms with Gasteiger partial charge in [-0.2, -0.15) is 0 Å². The first-order valence-corrected chi connectivity index (χ1v) is 42.8. The summed E-state index contributed by atoms with van der Waals surface area (Å²) in [6.07, 6.45) is 0. The summed E-state index contributed by atoms with van der Waals surface area (Å²) in [5.74, 6) is 5.29. The van der Waals surface area contributed by atoms with Crippen LogP contribution in [-0.4, -0.2) is 77.6 Å². The number of phenols is 10. The van der Waals surface area contributed by atoms with E-state index < -0.39 is 84.0 Å². The Hall–Kier alpha value is -9.89. The molecule has 0 aliphatic rings. The second-order valence-corrected chi connectivity index (χ2v) is 45.0. The van der Waals surface area contributed by atoms with Crippen molar-refractivity contribution in [1.29, 1.82) is 0 Å². The molecule has 0 saturated carbocycles. The number of benzene rings is 12. The van der Waals surface area contributed by atoms with Gasteiger partial charge in [0.25, 0.3) is 0 Å². The van der Waals surface area contributed by atoms with E-state index in [0.717, 1.165) is 88.7 Å². The molecule has 0 aromatic heterocycles. The molecule has 0 radical (unpaired) electrons. The van der Waals surface area contributed by atoms with Gasteiger partial charge in [0.15, 0.2) is 0 Å². The van der Waals surface area contributed by atoms with Gasteiger partial charge in [-0.1, -0.05) is 36.4 Å². The molecule has 428 valence electrons. The summed E-state index contributed by atoms with van der Waals surface area (Å²) >= 11 is -4.37. The van der Waals surface area contributed by atoms with Gasteiger partial charge in [-0.15, -0.1) is 0 Å². The monoisotopic (exact) mass is 1260 g/mol. The second kappa shape index (κ2) is 21.6. The normalized spacial score (nSPS) is 11.8. The first kappa shape index (κ1) is 56.6. The van der Waals surface area contributed by atoms with Gasteiger partial charge >= 0.3 is 427 Å². The van der Waals surface area contributed by atoms with Crippen LogP contribution in [0, 0.1) is 0 Å². The molecular weight excluding hydrogens is 1200 g/mol. The van der Waals surface area contributed by atoms with Crippen LogP contribution in [0.25, 0.3) is 76.8 Å². The molecule has 0 fully saturated rings. The SMILES string of the molecule is [CH3][Ge]([CH3])([CH3])[c]1ccc(N(c2ccc(-c3c(O)c(O)c(O)c(O)c3O)cc2)c2ccc(-c3cc4c5ccccc5c(-c5ccc(N(c6ccc(-c7c(O)c(O)c(O)c(O)c7O)cc6)c6cc[c]([Ge]([CH3])([CH3])[CH3])cc6)cc5)cc4c4ccccc34)cc2)cc1. The van der Waals surface area contributed by atoms with E-state index >= 15 is 0 Å². The Morgan fingerprint density at radius 3 is 0.709 bits per heavy atom. The van der Waals surface area contributed by atoms with Gasteiger partial charge in [0.05, 0.1) is 0 Å². The zero-order chi connectivity index (χ0) is 60.7. The Kier molecular flexibility index (Phi) is 14.2. The van der Waals surface area contributed by atoms with Crippen LogP contribution in [0.15, 0.2) is 206 Å². The van der Waals surface area contributed by atoms with E-state index in [0.29, 0.717) is 11.1 Å². The minimum absolute atomic E-state index is 0.222. The van der Waals surface area contributed by atoms with Crippen LogP contribution in [0.3, 0.4) is 0 Å². The number of nitrogens with zero attached hydrogens (tertiary/aromatic N) is 2. The summed E-state index contributed by atoms with van der Waals surface area (Å²) in [7, 11) is 0. The van der Waals surface area contributed by atoms with Gasteiger partial charge in [-0.25, -0.2) is 0 Å². The number of fused-ring (bicyclic) bond motifs is 5. The number of hydrogen-bond donors (Lipinski definition) is 10. The Morgan fingerprint density at radius 1 is 0.233 bits per heavy atom. The first-order valence-electron chi connectivity index (χ1n) is 28.1. The van der Waals surface area contributed by atoms with Crippen LogP contribution in [0.4, 0.5) is 34.1 Å². The zero-order valence-electron chi connectivity index (χ0n) is 48.0. The number of anilines is 6. The second-order valence-electron chi connectivity index (χ2n) is 23.7. The van der Waals surface area contributed by atoms with Crippen LogP contribution >= 0.6 is 0 Å². The summed E-state index contributed by atoms with van der Waals surface area (Å²) in [5, 5.41) is 111. The van der Waals surface area contributed by atoms with Gasteiger partial charge < -0.3 is 30.6 Å². The fourth-order valence-corrected chi connectivity index (χ4v) is 16.5. The van der Waals surface area contributed by atoms with E-state index in [1.165, 1.54) is 8.79 Å². The molecule has 86 heavy (non-hydrogen) atoms. The number of hydrogen-bond acceptors (Lipinski definition) is 12. The Bertz CT molecular complexity index is 4270. The minimum atomic E-state index is -2.19. The van der Waals surface area contributed by atoms with E-state index in [2.05, 4.69) is 202 Å². The van der Waals surface area contributed by atoms with Crippen molar-refractivity contribution in [2.75, 3.05) is 9.80 Å². The predicted octanol–water partition coefficient (Wildman–Crippen LogP) is 16.9. The van der Waals surface area contributed by atoms with Crippen molar-refractivity contribution in [3.05, 3.63) is 206 Å². The van der Waals surface area contributed by atoms with Crippen molar-refractivity contribution in [3.8, 4) is 102 Å². The summed E-state index contributed by atoms with van der Waals surface area (Å²) in [6.45, 7) is 0. The zero-order valence-corrected chi connectivity index (χ0v) is 52.2. The van der Waals surface area contributed by atoms with Crippen LogP contribution in [0.5, 0.6) is 57.5 Å². The van der Waals surface area contributed by atoms with E-state index in [4.69, 9.17) is 0 Å². The van der Waals surface area contributed by atoms with E-state index in [1.807, 2.05) is 24.3 Å². The van der Waals surface area contributed by atoms with E-state index in [-0.39, 0.29) is 11.1 Å². The first-order chi connectivity index (χ1) is 41.1. The van der Waals surface area contributed by atoms with Gasteiger partial charge in [-0.3, -0.25) is 0 Å². The van der Waals surface area contributed by atoms with Gasteiger partial charge in [0, 0.05) is 0 Å². The topological polar surface area (TPSA) is 209 Å². The van der Waals surface area contributed by atoms with Gasteiger partial charge in [0.2, 0.25) is 11.5 Å². The molecule has 0 spiro atoms. The summed E-state index contributed by atoms with van der Waals surface area (Å²) in [5.41, 5.74) is 9.45. The predicted molar refractivity (Wildman–Crippen MR) is 353 cm³/mol. The molecule has 12 nitrogen and oxygen atoms in total. The molecule has 0 bridgehead atoms. The third-order valence-corrected chi connectivity index (χ3v) is 25.0. The van der Waals surface area contributed by atoms with Crippen LogP contribution in [0.2, 0.25) is 34.5 Å². The molecule has 0 saturated heterocycles.